The summed E-state index contributed by atoms with van der Waals surface area (Å²) in [6, 6.07) is 16.6. The summed E-state index contributed by atoms with van der Waals surface area (Å²) in [4.78, 5) is 20.8. The number of aryl methyl sites for hydroxylation is 1. The number of rotatable bonds is 6. The molecule has 0 amide bonds. The molecule has 0 aliphatic carbocycles. The Morgan fingerprint density at radius 3 is 2.57 bits per heavy atom. The monoisotopic (exact) mass is 373 g/mol. The summed E-state index contributed by atoms with van der Waals surface area (Å²) in [6.45, 7) is 7.39. The number of Topliss-reactive ketones (excluding diaryl/α,β-unsaturated/α-hetero) is 1. The van der Waals surface area contributed by atoms with Crippen LogP contribution >= 0.6 is 0 Å². The van der Waals surface area contributed by atoms with Gasteiger partial charge in [-0.05, 0) is 24.6 Å². The first-order valence-corrected chi connectivity index (χ1v) is 9.96. The van der Waals surface area contributed by atoms with Crippen LogP contribution in [-0.2, 0) is 0 Å². The second-order valence-electron chi connectivity index (χ2n) is 7.56. The van der Waals surface area contributed by atoms with Gasteiger partial charge in [-0.15, -0.1) is 0 Å². The number of aromatic nitrogens is 1. The first-order valence-electron chi connectivity index (χ1n) is 9.96. The maximum atomic E-state index is 12.8. The largest absolute Gasteiger partial charge is 0.360 e. The first-order chi connectivity index (χ1) is 13.7. The fourth-order valence-corrected chi connectivity index (χ4v) is 3.79. The van der Waals surface area contributed by atoms with Crippen molar-refractivity contribution in [1.29, 1.82) is 0 Å². The Labute approximate surface area is 166 Å². The quantitative estimate of drug-likeness (QED) is 0.664. The van der Waals surface area contributed by atoms with Crippen LogP contribution in [0.3, 0.4) is 0 Å². The number of H-pyrrole nitrogens is 1. The maximum absolute atomic E-state index is 12.8. The number of ketones is 1. The molecular weight excluding hydrogens is 346 g/mol. The summed E-state index contributed by atoms with van der Waals surface area (Å²) < 4.78 is 0. The summed E-state index contributed by atoms with van der Waals surface area (Å²) in [5.41, 5.74) is 4.26. The highest BCUT2D eigenvalue weighted by molar-refractivity contribution is 6.08. The topological polar surface area (TPSA) is 39.3 Å². The Bertz CT molecular complexity index is 966. The van der Waals surface area contributed by atoms with E-state index in [1.807, 2.05) is 18.3 Å². The van der Waals surface area contributed by atoms with Gasteiger partial charge in [-0.3, -0.25) is 14.6 Å². The highest BCUT2D eigenvalue weighted by Crippen LogP contribution is 2.20. The predicted octanol–water partition coefficient (Wildman–Crippen LogP) is 3.99. The van der Waals surface area contributed by atoms with Crippen LogP contribution in [0.15, 0.2) is 60.8 Å². The molecule has 144 valence electrons. The predicted molar refractivity (Wildman–Crippen MR) is 116 cm³/mol. The van der Waals surface area contributed by atoms with Crippen molar-refractivity contribution in [1.82, 2.24) is 14.8 Å². The lowest BCUT2D eigenvalue weighted by molar-refractivity contribution is 0.0867. The Morgan fingerprint density at radius 1 is 1.04 bits per heavy atom. The molecule has 3 aromatic rings. The molecule has 0 unspecified atom stereocenters. The fourth-order valence-electron chi connectivity index (χ4n) is 3.79. The van der Waals surface area contributed by atoms with E-state index in [-0.39, 0.29) is 5.78 Å². The molecule has 0 bridgehead atoms. The first kappa shape index (κ1) is 18.7. The number of aromatic amines is 1. The third-order valence-electron chi connectivity index (χ3n) is 5.44. The second kappa shape index (κ2) is 8.55. The zero-order chi connectivity index (χ0) is 19.3. The van der Waals surface area contributed by atoms with Gasteiger partial charge in [-0.25, -0.2) is 0 Å². The molecule has 2 aromatic carbocycles. The van der Waals surface area contributed by atoms with Crippen molar-refractivity contribution in [3.8, 4) is 0 Å². The van der Waals surface area contributed by atoms with Gasteiger partial charge in [-0.1, -0.05) is 54.1 Å². The van der Waals surface area contributed by atoms with Crippen molar-refractivity contribution >= 4 is 22.8 Å². The van der Waals surface area contributed by atoms with Crippen molar-refractivity contribution in [3.63, 3.8) is 0 Å². The molecule has 1 N–H and O–H groups in total. The zero-order valence-electron chi connectivity index (χ0n) is 16.4. The van der Waals surface area contributed by atoms with Crippen molar-refractivity contribution < 1.29 is 4.79 Å². The number of fused-ring (bicyclic) bond motifs is 1. The van der Waals surface area contributed by atoms with E-state index < -0.39 is 0 Å². The Hall–Kier alpha value is -2.69. The Kier molecular flexibility index (Phi) is 5.70. The van der Waals surface area contributed by atoms with Gasteiger partial charge in [0.1, 0.15) is 0 Å². The van der Waals surface area contributed by atoms with Gasteiger partial charge in [0.15, 0.2) is 5.78 Å². The number of piperazine rings is 1. The third kappa shape index (κ3) is 4.41. The van der Waals surface area contributed by atoms with Gasteiger partial charge in [0.25, 0.3) is 0 Å². The second-order valence-corrected chi connectivity index (χ2v) is 7.56. The number of carbonyl (C=O) groups excluding carboxylic acids is 1. The number of benzene rings is 2. The normalized spacial score (nSPS) is 16.2. The summed E-state index contributed by atoms with van der Waals surface area (Å²) in [7, 11) is 0. The Morgan fingerprint density at radius 2 is 1.79 bits per heavy atom. The van der Waals surface area contributed by atoms with Crippen molar-refractivity contribution in [2.75, 3.05) is 39.3 Å². The zero-order valence-corrected chi connectivity index (χ0v) is 16.4. The summed E-state index contributed by atoms with van der Waals surface area (Å²) >= 11 is 0. The molecular formula is C24H27N3O. The van der Waals surface area contributed by atoms with E-state index in [4.69, 9.17) is 0 Å². The van der Waals surface area contributed by atoms with E-state index in [1.54, 1.807) is 0 Å². The van der Waals surface area contributed by atoms with Crippen LogP contribution < -0.4 is 0 Å². The van der Waals surface area contributed by atoms with E-state index in [0.29, 0.717) is 6.54 Å². The van der Waals surface area contributed by atoms with Crippen LogP contribution in [0, 0.1) is 6.92 Å². The van der Waals surface area contributed by atoms with Gasteiger partial charge in [0, 0.05) is 55.4 Å². The average Bonchev–Trinajstić information content (AvgIpc) is 3.13. The molecule has 1 aliphatic rings. The Balaban J connectivity index is 1.28. The molecule has 1 fully saturated rings. The van der Waals surface area contributed by atoms with E-state index in [1.165, 1.54) is 11.1 Å². The molecule has 0 radical (unpaired) electrons. The lowest BCUT2D eigenvalue weighted by Gasteiger charge is -2.33. The van der Waals surface area contributed by atoms with Crippen LogP contribution in [0.25, 0.3) is 17.0 Å². The van der Waals surface area contributed by atoms with E-state index in [0.717, 1.165) is 49.2 Å². The van der Waals surface area contributed by atoms with Crippen molar-refractivity contribution in [2.45, 2.75) is 6.92 Å². The molecule has 0 atom stereocenters. The number of carbonyl (C=O) groups is 1. The molecule has 1 aliphatic heterocycles. The molecule has 4 heteroatoms. The minimum absolute atomic E-state index is 0.203. The van der Waals surface area contributed by atoms with Crippen molar-refractivity contribution in [2.24, 2.45) is 0 Å². The maximum Gasteiger partial charge on any atom is 0.178 e. The van der Waals surface area contributed by atoms with Crippen LogP contribution in [0.4, 0.5) is 0 Å². The van der Waals surface area contributed by atoms with Gasteiger partial charge in [0.05, 0.1) is 6.54 Å². The fraction of sp³-hybridized carbons (Fsp3) is 0.292. The highest BCUT2D eigenvalue weighted by atomic mass is 16.1. The summed E-state index contributed by atoms with van der Waals surface area (Å²) in [5, 5.41) is 1.04. The smallest absolute Gasteiger partial charge is 0.178 e. The number of hydrogen-bond acceptors (Lipinski definition) is 3. The van der Waals surface area contributed by atoms with E-state index >= 15 is 0 Å². The van der Waals surface area contributed by atoms with Gasteiger partial charge in [-0.2, -0.15) is 0 Å². The minimum atomic E-state index is 0.203. The number of nitrogens with zero attached hydrogens (tertiary/aromatic N) is 2. The lowest BCUT2D eigenvalue weighted by Crippen LogP contribution is -2.47. The highest BCUT2D eigenvalue weighted by Gasteiger charge is 2.20. The van der Waals surface area contributed by atoms with Crippen LogP contribution in [0.2, 0.25) is 0 Å². The lowest BCUT2D eigenvalue weighted by atomic mass is 10.1. The van der Waals surface area contributed by atoms with E-state index in [2.05, 4.69) is 70.3 Å². The average molecular weight is 374 g/mol. The van der Waals surface area contributed by atoms with Crippen LogP contribution in [0.1, 0.15) is 21.5 Å². The number of hydrogen-bond donors (Lipinski definition) is 1. The third-order valence-corrected chi connectivity index (χ3v) is 5.44. The molecule has 1 aromatic heterocycles. The SMILES string of the molecule is Cc1ccc2[nH]cc(C(=O)CN3CCN(C/C=C/c4ccccc4)CC3)c2c1. The molecule has 1 saturated heterocycles. The standard InChI is InChI=1S/C24H27N3O/c1-19-9-10-23-21(16-19)22(17-25-23)24(28)18-27-14-12-26(13-15-27)11-5-8-20-6-3-2-4-7-20/h2-10,16-17,25H,11-15,18H2,1H3/b8-5+. The molecule has 4 rings (SSSR count). The summed E-state index contributed by atoms with van der Waals surface area (Å²) in [5.74, 6) is 0.203. The molecule has 0 spiro atoms. The molecule has 2 heterocycles. The van der Waals surface area contributed by atoms with Gasteiger partial charge >= 0.3 is 0 Å². The van der Waals surface area contributed by atoms with Crippen molar-refractivity contribution in [3.05, 3.63) is 77.5 Å². The number of nitrogens with one attached hydrogen (secondary N) is 1. The molecule has 0 saturated carbocycles. The summed E-state index contributed by atoms with van der Waals surface area (Å²) in [6.07, 6.45) is 6.26. The van der Waals surface area contributed by atoms with Gasteiger partial charge in [0.2, 0.25) is 0 Å². The molecule has 28 heavy (non-hydrogen) atoms. The van der Waals surface area contributed by atoms with Crippen LogP contribution in [0.5, 0.6) is 0 Å². The van der Waals surface area contributed by atoms with E-state index in [9.17, 15) is 4.79 Å². The molecule has 4 nitrogen and oxygen atoms in total. The minimum Gasteiger partial charge on any atom is -0.360 e. The van der Waals surface area contributed by atoms with Crippen LogP contribution in [-0.4, -0.2) is 59.8 Å². The van der Waals surface area contributed by atoms with Gasteiger partial charge < -0.3 is 4.98 Å².